The molecule has 2 N–H and O–H groups in total. The molecule has 0 aliphatic carbocycles. The Morgan fingerprint density at radius 1 is 1.57 bits per heavy atom. The molecule has 0 aromatic heterocycles. The molecule has 0 fully saturated rings. The fourth-order valence-corrected chi connectivity index (χ4v) is 1.56. The molecule has 0 amide bonds. The van der Waals surface area contributed by atoms with Gasteiger partial charge in [-0.25, -0.2) is 4.39 Å². The Morgan fingerprint density at radius 2 is 2.29 bits per heavy atom. The standard InChI is InChI=1S/C11H13ClFN/c1-2-3-4-11(14)9-6-5-8(13)7-10(9)12/h2,5-7,11H,1,3-4,14H2/t11-/m0/s1. The van der Waals surface area contributed by atoms with Crippen LogP contribution in [0, 0.1) is 5.82 Å². The number of nitrogens with two attached hydrogens (primary N) is 1. The minimum absolute atomic E-state index is 0.152. The lowest BCUT2D eigenvalue weighted by molar-refractivity contribution is 0.621. The third kappa shape index (κ3) is 2.82. The summed E-state index contributed by atoms with van der Waals surface area (Å²) in [5.41, 5.74) is 6.66. The van der Waals surface area contributed by atoms with Gasteiger partial charge in [0.15, 0.2) is 0 Å². The summed E-state index contributed by atoms with van der Waals surface area (Å²) in [4.78, 5) is 0. The number of hydrogen-bond acceptors (Lipinski definition) is 1. The summed E-state index contributed by atoms with van der Waals surface area (Å²) < 4.78 is 12.7. The molecule has 0 spiro atoms. The normalized spacial score (nSPS) is 12.5. The maximum Gasteiger partial charge on any atom is 0.124 e. The van der Waals surface area contributed by atoms with Gasteiger partial charge in [0.25, 0.3) is 0 Å². The predicted molar refractivity (Wildman–Crippen MR) is 57.8 cm³/mol. The van der Waals surface area contributed by atoms with Crippen LogP contribution in [0.4, 0.5) is 4.39 Å². The van der Waals surface area contributed by atoms with E-state index in [1.807, 2.05) is 0 Å². The first kappa shape index (κ1) is 11.2. The minimum Gasteiger partial charge on any atom is -0.324 e. The number of allylic oxidation sites excluding steroid dienone is 1. The molecule has 0 saturated heterocycles. The summed E-state index contributed by atoms with van der Waals surface area (Å²) in [5, 5.41) is 0.390. The van der Waals surface area contributed by atoms with Gasteiger partial charge in [-0.2, -0.15) is 0 Å². The number of halogens is 2. The van der Waals surface area contributed by atoms with Crippen molar-refractivity contribution < 1.29 is 4.39 Å². The van der Waals surface area contributed by atoms with E-state index in [0.29, 0.717) is 5.02 Å². The summed E-state index contributed by atoms with van der Waals surface area (Å²) >= 11 is 5.86. The van der Waals surface area contributed by atoms with Crippen LogP contribution in [0.5, 0.6) is 0 Å². The van der Waals surface area contributed by atoms with Gasteiger partial charge in [0.2, 0.25) is 0 Å². The van der Waals surface area contributed by atoms with Crippen molar-refractivity contribution in [2.24, 2.45) is 5.73 Å². The molecule has 0 saturated carbocycles. The van der Waals surface area contributed by atoms with E-state index in [4.69, 9.17) is 17.3 Å². The fraction of sp³-hybridized carbons (Fsp3) is 0.273. The fourth-order valence-electron chi connectivity index (χ4n) is 1.26. The molecular weight excluding hydrogens is 201 g/mol. The van der Waals surface area contributed by atoms with Gasteiger partial charge in [0.05, 0.1) is 0 Å². The molecule has 1 aromatic rings. The average Bonchev–Trinajstić information content (AvgIpc) is 2.14. The lowest BCUT2D eigenvalue weighted by Crippen LogP contribution is -2.10. The molecule has 76 valence electrons. The summed E-state index contributed by atoms with van der Waals surface area (Å²) in [6, 6.07) is 4.13. The monoisotopic (exact) mass is 213 g/mol. The van der Waals surface area contributed by atoms with E-state index >= 15 is 0 Å². The van der Waals surface area contributed by atoms with Crippen molar-refractivity contribution in [3.05, 3.63) is 47.3 Å². The highest BCUT2D eigenvalue weighted by atomic mass is 35.5. The maximum atomic E-state index is 12.7. The number of benzene rings is 1. The summed E-state index contributed by atoms with van der Waals surface area (Å²) in [5.74, 6) is -0.338. The molecule has 1 aromatic carbocycles. The van der Waals surface area contributed by atoms with Crippen LogP contribution in [0.2, 0.25) is 5.02 Å². The van der Waals surface area contributed by atoms with Crippen molar-refractivity contribution in [3.63, 3.8) is 0 Å². The molecule has 0 unspecified atom stereocenters. The molecule has 1 atom stereocenters. The molecular formula is C11H13ClFN. The highest BCUT2D eigenvalue weighted by Crippen LogP contribution is 2.25. The van der Waals surface area contributed by atoms with E-state index in [9.17, 15) is 4.39 Å². The summed E-state index contributed by atoms with van der Waals surface area (Å²) in [6.45, 7) is 3.61. The van der Waals surface area contributed by atoms with Gasteiger partial charge < -0.3 is 5.73 Å². The van der Waals surface area contributed by atoms with Crippen LogP contribution in [-0.2, 0) is 0 Å². The van der Waals surface area contributed by atoms with E-state index < -0.39 is 0 Å². The Balaban J connectivity index is 2.78. The zero-order valence-corrected chi connectivity index (χ0v) is 8.60. The van der Waals surface area contributed by atoms with E-state index in [-0.39, 0.29) is 11.9 Å². The Morgan fingerprint density at radius 3 is 2.86 bits per heavy atom. The van der Waals surface area contributed by atoms with Gasteiger partial charge >= 0.3 is 0 Å². The van der Waals surface area contributed by atoms with Gasteiger partial charge in [-0.3, -0.25) is 0 Å². The van der Waals surface area contributed by atoms with Crippen LogP contribution in [-0.4, -0.2) is 0 Å². The SMILES string of the molecule is C=CCC[C@H](N)c1ccc(F)cc1Cl. The molecule has 0 heterocycles. The Kier molecular flexibility index (Phi) is 4.11. The molecule has 0 radical (unpaired) electrons. The molecule has 0 aliphatic heterocycles. The Bertz CT molecular complexity index is 325. The van der Waals surface area contributed by atoms with Gasteiger partial charge in [-0.1, -0.05) is 23.7 Å². The van der Waals surface area contributed by atoms with Crippen molar-refractivity contribution in [3.8, 4) is 0 Å². The van der Waals surface area contributed by atoms with Crippen molar-refractivity contribution >= 4 is 11.6 Å². The smallest absolute Gasteiger partial charge is 0.124 e. The number of rotatable bonds is 4. The molecule has 3 heteroatoms. The Hall–Kier alpha value is -0.860. The van der Waals surface area contributed by atoms with Crippen LogP contribution in [0.25, 0.3) is 0 Å². The van der Waals surface area contributed by atoms with Crippen LogP contribution in [0.1, 0.15) is 24.4 Å². The zero-order chi connectivity index (χ0) is 10.6. The van der Waals surface area contributed by atoms with E-state index in [1.165, 1.54) is 12.1 Å². The minimum atomic E-state index is -0.338. The number of hydrogen-bond donors (Lipinski definition) is 1. The van der Waals surface area contributed by atoms with Crippen LogP contribution in [0.3, 0.4) is 0 Å². The highest BCUT2D eigenvalue weighted by Gasteiger charge is 2.09. The van der Waals surface area contributed by atoms with Gasteiger partial charge in [-0.05, 0) is 30.5 Å². The molecule has 0 aliphatic rings. The van der Waals surface area contributed by atoms with Crippen LogP contribution >= 0.6 is 11.6 Å². The van der Waals surface area contributed by atoms with Gasteiger partial charge in [-0.15, -0.1) is 6.58 Å². The molecule has 1 rings (SSSR count). The van der Waals surface area contributed by atoms with Crippen molar-refractivity contribution in [1.29, 1.82) is 0 Å². The highest BCUT2D eigenvalue weighted by molar-refractivity contribution is 6.31. The summed E-state index contributed by atoms with van der Waals surface area (Å²) in [6.07, 6.45) is 3.40. The first-order valence-corrected chi connectivity index (χ1v) is 4.84. The van der Waals surface area contributed by atoms with Crippen LogP contribution in [0.15, 0.2) is 30.9 Å². The van der Waals surface area contributed by atoms with Gasteiger partial charge in [0, 0.05) is 11.1 Å². The topological polar surface area (TPSA) is 26.0 Å². The molecule has 0 bridgehead atoms. The van der Waals surface area contributed by atoms with Crippen LogP contribution < -0.4 is 5.73 Å². The lowest BCUT2D eigenvalue weighted by Gasteiger charge is -2.12. The predicted octanol–water partition coefficient (Wildman–Crippen LogP) is 3.45. The lowest BCUT2D eigenvalue weighted by atomic mass is 10.0. The quantitative estimate of drug-likeness (QED) is 0.762. The van der Waals surface area contributed by atoms with E-state index in [2.05, 4.69) is 6.58 Å². The average molecular weight is 214 g/mol. The van der Waals surface area contributed by atoms with E-state index in [1.54, 1.807) is 12.1 Å². The largest absolute Gasteiger partial charge is 0.324 e. The first-order chi connectivity index (χ1) is 6.65. The second-order valence-corrected chi connectivity index (χ2v) is 3.55. The summed E-state index contributed by atoms with van der Waals surface area (Å²) in [7, 11) is 0. The van der Waals surface area contributed by atoms with Crippen molar-refractivity contribution in [2.75, 3.05) is 0 Å². The molecule has 1 nitrogen and oxygen atoms in total. The third-order valence-electron chi connectivity index (χ3n) is 2.04. The third-order valence-corrected chi connectivity index (χ3v) is 2.37. The second-order valence-electron chi connectivity index (χ2n) is 3.14. The van der Waals surface area contributed by atoms with E-state index in [0.717, 1.165) is 18.4 Å². The van der Waals surface area contributed by atoms with Gasteiger partial charge in [0.1, 0.15) is 5.82 Å². The van der Waals surface area contributed by atoms with Crippen molar-refractivity contribution in [1.82, 2.24) is 0 Å². The maximum absolute atomic E-state index is 12.7. The van der Waals surface area contributed by atoms with Crippen molar-refractivity contribution in [2.45, 2.75) is 18.9 Å². The zero-order valence-electron chi connectivity index (χ0n) is 7.84. The first-order valence-electron chi connectivity index (χ1n) is 4.46. The second kappa shape index (κ2) is 5.13. The Labute approximate surface area is 88.4 Å². The molecule has 14 heavy (non-hydrogen) atoms.